The standard InChI is InChI=1S/C13H18N2O2/c14-7-3-6-13(16)15-8-9-17-12-5-2-1-4-11(12)10-15/h1-2,4-5H,3,6-10,14H2. The van der Waals surface area contributed by atoms with E-state index >= 15 is 0 Å². The lowest BCUT2D eigenvalue weighted by atomic mass is 10.2. The van der Waals surface area contributed by atoms with Crippen molar-refractivity contribution in [3.63, 3.8) is 0 Å². The minimum atomic E-state index is 0.163. The monoisotopic (exact) mass is 234 g/mol. The summed E-state index contributed by atoms with van der Waals surface area (Å²) in [5.74, 6) is 1.05. The molecule has 0 atom stereocenters. The fourth-order valence-corrected chi connectivity index (χ4v) is 1.95. The first-order valence-electron chi connectivity index (χ1n) is 6.00. The Morgan fingerprint density at radius 2 is 2.24 bits per heavy atom. The molecule has 2 N–H and O–H groups in total. The summed E-state index contributed by atoms with van der Waals surface area (Å²) in [4.78, 5) is 13.8. The molecule has 1 aliphatic heterocycles. The largest absolute Gasteiger partial charge is 0.491 e. The molecule has 1 heterocycles. The molecule has 0 saturated heterocycles. The quantitative estimate of drug-likeness (QED) is 0.853. The van der Waals surface area contributed by atoms with E-state index in [-0.39, 0.29) is 5.91 Å². The van der Waals surface area contributed by atoms with Gasteiger partial charge in [-0.2, -0.15) is 0 Å². The first-order chi connectivity index (χ1) is 8.31. The number of rotatable bonds is 3. The Balaban J connectivity index is 2.05. The minimum absolute atomic E-state index is 0.163. The van der Waals surface area contributed by atoms with Crippen LogP contribution in [0.1, 0.15) is 18.4 Å². The second-order valence-electron chi connectivity index (χ2n) is 4.16. The van der Waals surface area contributed by atoms with Gasteiger partial charge in [-0.05, 0) is 19.0 Å². The maximum atomic E-state index is 11.9. The summed E-state index contributed by atoms with van der Waals surface area (Å²) in [6, 6.07) is 7.87. The fraction of sp³-hybridized carbons (Fsp3) is 0.462. The van der Waals surface area contributed by atoms with E-state index in [1.807, 2.05) is 29.2 Å². The lowest BCUT2D eigenvalue weighted by Gasteiger charge is -2.19. The van der Waals surface area contributed by atoms with Crippen molar-refractivity contribution in [1.82, 2.24) is 4.90 Å². The Labute approximate surface area is 101 Å². The zero-order chi connectivity index (χ0) is 12.1. The van der Waals surface area contributed by atoms with Gasteiger partial charge in [-0.15, -0.1) is 0 Å². The second kappa shape index (κ2) is 5.68. The number of nitrogens with zero attached hydrogens (tertiary/aromatic N) is 1. The van der Waals surface area contributed by atoms with E-state index in [2.05, 4.69) is 0 Å². The van der Waals surface area contributed by atoms with Gasteiger partial charge in [-0.1, -0.05) is 18.2 Å². The highest BCUT2D eigenvalue weighted by Crippen LogP contribution is 2.22. The third-order valence-corrected chi connectivity index (χ3v) is 2.90. The highest BCUT2D eigenvalue weighted by Gasteiger charge is 2.18. The van der Waals surface area contributed by atoms with E-state index in [0.29, 0.717) is 32.7 Å². The molecule has 1 amide bonds. The molecule has 0 radical (unpaired) electrons. The highest BCUT2D eigenvalue weighted by atomic mass is 16.5. The van der Waals surface area contributed by atoms with Crippen LogP contribution in [0.15, 0.2) is 24.3 Å². The predicted molar refractivity (Wildman–Crippen MR) is 65.6 cm³/mol. The summed E-state index contributed by atoms with van der Waals surface area (Å²) < 4.78 is 5.61. The molecule has 0 spiro atoms. The Morgan fingerprint density at radius 3 is 3.06 bits per heavy atom. The van der Waals surface area contributed by atoms with Gasteiger partial charge in [-0.25, -0.2) is 0 Å². The van der Waals surface area contributed by atoms with Crippen molar-refractivity contribution in [3.8, 4) is 5.75 Å². The van der Waals surface area contributed by atoms with Crippen LogP contribution in [0.25, 0.3) is 0 Å². The third-order valence-electron chi connectivity index (χ3n) is 2.90. The lowest BCUT2D eigenvalue weighted by molar-refractivity contribution is -0.132. The van der Waals surface area contributed by atoms with Crippen molar-refractivity contribution >= 4 is 5.91 Å². The molecule has 4 nitrogen and oxygen atoms in total. The molecule has 0 bridgehead atoms. The van der Waals surface area contributed by atoms with E-state index < -0.39 is 0 Å². The number of ether oxygens (including phenoxy) is 1. The van der Waals surface area contributed by atoms with Crippen molar-refractivity contribution in [2.24, 2.45) is 5.73 Å². The average Bonchev–Trinajstić information content (AvgIpc) is 2.58. The lowest BCUT2D eigenvalue weighted by Crippen LogP contribution is -2.32. The van der Waals surface area contributed by atoms with Gasteiger partial charge < -0.3 is 15.4 Å². The Morgan fingerprint density at radius 1 is 1.41 bits per heavy atom. The number of amides is 1. The van der Waals surface area contributed by atoms with Crippen LogP contribution in [0.4, 0.5) is 0 Å². The van der Waals surface area contributed by atoms with Gasteiger partial charge in [0.05, 0.1) is 6.54 Å². The second-order valence-corrected chi connectivity index (χ2v) is 4.16. The maximum absolute atomic E-state index is 11.9. The molecule has 0 aromatic heterocycles. The Bertz CT molecular complexity index is 393. The van der Waals surface area contributed by atoms with E-state index in [9.17, 15) is 4.79 Å². The summed E-state index contributed by atoms with van der Waals surface area (Å²) in [7, 11) is 0. The molecule has 92 valence electrons. The van der Waals surface area contributed by atoms with Crippen LogP contribution >= 0.6 is 0 Å². The first kappa shape index (κ1) is 11.9. The van der Waals surface area contributed by atoms with Crippen molar-refractivity contribution < 1.29 is 9.53 Å². The van der Waals surface area contributed by atoms with E-state index in [1.54, 1.807) is 0 Å². The van der Waals surface area contributed by atoms with Crippen LogP contribution in [0, 0.1) is 0 Å². The topological polar surface area (TPSA) is 55.6 Å². The number of carbonyl (C=O) groups is 1. The van der Waals surface area contributed by atoms with Gasteiger partial charge in [0, 0.05) is 18.5 Å². The van der Waals surface area contributed by atoms with Gasteiger partial charge >= 0.3 is 0 Å². The number of hydrogen-bond acceptors (Lipinski definition) is 3. The Hall–Kier alpha value is -1.55. The first-order valence-corrected chi connectivity index (χ1v) is 6.00. The fourth-order valence-electron chi connectivity index (χ4n) is 1.95. The molecular weight excluding hydrogens is 216 g/mol. The van der Waals surface area contributed by atoms with Gasteiger partial charge in [-0.3, -0.25) is 4.79 Å². The van der Waals surface area contributed by atoms with Gasteiger partial charge in [0.25, 0.3) is 0 Å². The van der Waals surface area contributed by atoms with Crippen LogP contribution in [0.5, 0.6) is 5.75 Å². The molecular formula is C13H18N2O2. The summed E-state index contributed by atoms with van der Waals surface area (Å²) >= 11 is 0. The average molecular weight is 234 g/mol. The number of para-hydroxylation sites is 1. The number of carbonyl (C=O) groups excluding carboxylic acids is 1. The Kier molecular flexibility index (Phi) is 3.98. The van der Waals surface area contributed by atoms with Crippen molar-refractivity contribution in [1.29, 1.82) is 0 Å². The van der Waals surface area contributed by atoms with Gasteiger partial charge in [0.15, 0.2) is 0 Å². The predicted octanol–water partition coefficient (Wildman–Crippen LogP) is 1.15. The minimum Gasteiger partial charge on any atom is -0.491 e. The van der Waals surface area contributed by atoms with Crippen LogP contribution in [-0.2, 0) is 11.3 Å². The molecule has 0 unspecified atom stereocenters. The molecule has 1 aliphatic rings. The number of nitrogens with two attached hydrogens (primary N) is 1. The molecule has 17 heavy (non-hydrogen) atoms. The normalized spacial score (nSPS) is 14.8. The molecule has 1 aromatic rings. The summed E-state index contributed by atoms with van der Waals surface area (Å²) in [6.45, 7) is 2.41. The number of benzene rings is 1. The molecule has 1 aromatic carbocycles. The highest BCUT2D eigenvalue weighted by molar-refractivity contribution is 5.76. The van der Waals surface area contributed by atoms with E-state index in [1.165, 1.54) is 0 Å². The zero-order valence-electron chi connectivity index (χ0n) is 9.89. The molecule has 0 fully saturated rings. The summed E-state index contributed by atoms with van der Waals surface area (Å²) in [5.41, 5.74) is 6.49. The third kappa shape index (κ3) is 2.97. The zero-order valence-corrected chi connectivity index (χ0v) is 9.89. The number of hydrogen-bond donors (Lipinski definition) is 1. The van der Waals surface area contributed by atoms with Crippen LogP contribution in [-0.4, -0.2) is 30.5 Å². The summed E-state index contributed by atoms with van der Waals surface area (Å²) in [6.07, 6.45) is 1.27. The molecule has 0 aliphatic carbocycles. The summed E-state index contributed by atoms with van der Waals surface area (Å²) in [5, 5.41) is 0. The SMILES string of the molecule is NCCCC(=O)N1CCOc2ccccc2C1. The van der Waals surface area contributed by atoms with Crippen molar-refractivity contribution in [3.05, 3.63) is 29.8 Å². The van der Waals surface area contributed by atoms with Crippen molar-refractivity contribution in [2.45, 2.75) is 19.4 Å². The number of fused-ring (bicyclic) bond motifs is 1. The van der Waals surface area contributed by atoms with Crippen LogP contribution < -0.4 is 10.5 Å². The van der Waals surface area contributed by atoms with E-state index in [4.69, 9.17) is 10.5 Å². The molecule has 0 saturated carbocycles. The smallest absolute Gasteiger partial charge is 0.223 e. The molecule has 2 rings (SSSR count). The van der Waals surface area contributed by atoms with Crippen LogP contribution in [0.2, 0.25) is 0 Å². The van der Waals surface area contributed by atoms with Crippen LogP contribution in [0.3, 0.4) is 0 Å². The van der Waals surface area contributed by atoms with Gasteiger partial charge in [0.2, 0.25) is 5.91 Å². The maximum Gasteiger partial charge on any atom is 0.223 e. The van der Waals surface area contributed by atoms with E-state index in [0.717, 1.165) is 17.7 Å². The van der Waals surface area contributed by atoms with Gasteiger partial charge in [0.1, 0.15) is 12.4 Å². The molecule has 4 heteroatoms. The van der Waals surface area contributed by atoms with Crippen molar-refractivity contribution in [2.75, 3.05) is 19.7 Å².